The number of benzene rings is 1. The molecule has 1 heterocycles. The molecule has 1 N–H and O–H groups in total. The summed E-state index contributed by atoms with van der Waals surface area (Å²) in [7, 11) is 1.65. The van der Waals surface area contributed by atoms with Crippen LogP contribution in [0.5, 0.6) is 0 Å². The first-order valence-electron chi connectivity index (χ1n) is 5.52. The van der Waals surface area contributed by atoms with E-state index >= 15 is 0 Å². The molecular formula is C12H14ClN3O2. The fraction of sp³-hybridized carbons (Fsp3) is 0.333. The van der Waals surface area contributed by atoms with Gasteiger partial charge in [-0.2, -0.15) is 0 Å². The zero-order chi connectivity index (χ0) is 13.0. The van der Waals surface area contributed by atoms with E-state index in [1.54, 1.807) is 14.0 Å². The van der Waals surface area contributed by atoms with Gasteiger partial charge in [-0.3, -0.25) is 0 Å². The number of nitrogens with zero attached hydrogens (tertiary/aromatic N) is 2. The van der Waals surface area contributed by atoms with E-state index < -0.39 is 0 Å². The molecule has 5 nitrogen and oxygen atoms in total. The van der Waals surface area contributed by atoms with Crippen LogP contribution in [-0.2, 0) is 11.3 Å². The zero-order valence-electron chi connectivity index (χ0n) is 10.2. The van der Waals surface area contributed by atoms with Crippen LogP contribution < -0.4 is 5.32 Å². The van der Waals surface area contributed by atoms with Crippen molar-refractivity contribution in [1.29, 1.82) is 0 Å². The summed E-state index contributed by atoms with van der Waals surface area (Å²) in [5.74, 6) is 0.392. The van der Waals surface area contributed by atoms with Gasteiger partial charge in [0.15, 0.2) is 0 Å². The minimum absolute atomic E-state index is 0.303. The second-order valence-corrected chi connectivity index (χ2v) is 4.43. The van der Waals surface area contributed by atoms with Gasteiger partial charge in [0.1, 0.15) is 5.38 Å². The minimum atomic E-state index is -0.303. The van der Waals surface area contributed by atoms with Crippen molar-refractivity contribution >= 4 is 23.3 Å². The van der Waals surface area contributed by atoms with Gasteiger partial charge in [-0.1, -0.05) is 23.3 Å². The van der Waals surface area contributed by atoms with Crippen molar-refractivity contribution in [2.24, 2.45) is 0 Å². The monoisotopic (exact) mass is 267 g/mol. The van der Waals surface area contributed by atoms with E-state index in [9.17, 15) is 0 Å². The highest BCUT2D eigenvalue weighted by atomic mass is 35.5. The third kappa shape index (κ3) is 3.00. The topological polar surface area (TPSA) is 60.2 Å². The van der Waals surface area contributed by atoms with Gasteiger partial charge in [-0.05, 0) is 13.0 Å². The SMILES string of the molecule is COCc1ccccc1Nc1nnc(C(C)Cl)o1. The molecule has 1 aromatic carbocycles. The van der Waals surface area contributed by atoms with E-state index in [2.05, 4.69) is 15.5 Å². The lowest BCUT2D eigenvalue weighted by molar-refractivity contribution is 0.185. The Balaban J connectivity index is 2.17. The lowest BCUT2D eigenvalue weighted by Gasteiger charge is -2.07. The Labute approximate surface area is 110 Å². The van der Waals surface area contributed by atoms with E-state index in [4.69, 9.17) is 20.8 Å². The molecule has 2 rings (SSSR count). The summed E-state index contributed by atoms with van der Waals surface area (Å²) in [4.78, 5) is 0. The van der Waals surface area contributed by atoms with Gasteiger partial charge in [-0.25, -0.2) is 0 Å². The second-order valence-electron chi connectivity index (χ2n) is 3.78. The first kappa shape index (κ1) is 12.9. The van der Waals surface area contributed by atoms with E-state index in [0.717, 1.165) is 11.3 Å². The molecule has 0 amide bonds. The fourth-order valence-electron chi connectivity index (χ4n) is 1.48. The maximum Gasteiger partial charge on any atom is 0.320 e. The zero-order valence-corrected chi connectivity index (χ0v) is 10.9. The van der Waals surface area contributed by atoms with Gasteiger partial charge in [0.25, 0.3) is 0 Å². The number of rotatable bonds is 5. The van der Waals surface area contributed by atoms with E-state index in [0.29, 0.717) is 18.5 Å². The molecule has 0 spiro atoms. The predicted octanol–water partition coefficient (Wildman–Crippen LogP) is 3.26. The van der Waals surface area contributed by atoms with Gasteiger partial charge >= 0.3 is 6.01 Å². The number of anilines is 2. The van der Waals surface area contributed by atoms with Gasteiger partial charge in [0.2, 0.25) is 5.89 Å². The molecular weight excluding hydrogens is 254 g/mol. The van der Waals surface area contributed by atoms with Crippen molar-refractivity contribution in [2.45, 2.75) is 18.9 Å². The first-order chi connectivity index (χ1) is 8.70. The number of nitrogens with one attached hydrogen (secondary N) is 1. The molecule has 0 fully saturated rings. The summed E-state index contributed by atoms with van der Waals surface area (Å²) in [5.41, 5.74) is 1.88. The number of para-hydroxylation sites is 1. The van der Waals surface area contributed by atoms with Gasteiger partial charge in [-0.15, -0.1) is 16.7 Å². The van der Waals surface area contributed by atoms with Crippen LogP contribution in [0.1, 0.15) is 23.8 Å². The average Bonchev–Trinajstić information content (AvgIpc) is 2.81. The van der Waals surface area contributed by atoms with E-state index in [1.807, 2.05) is 24.3 Å². The highest BCUT2D eigenvalue weighted by Gasteiger charge is 2.12. The van der Waals surface area contributed by atoms with Crippen molar-refractivity contribution in [3.05, 3.63) is 35.7 Å². The van der Waals surface area contributed by atoms with Crippen molar-refractivity contribution in [3.8, 4) is 0 Å². The van der Waals surface area contributed by atoms with Crippen molar-refractivity contribution in [1.82, 2.24) is 10.2 Å². The van der Waals surface area contributed by atoms with Crippen LogP contribution in [0, 0.1) is 0 Å². The molecule has 1 aromatic heterocycles. The number of methoxy groups -OCH3 is 1. The summed E-state index contributed by atoms with van der Waals surface area (Å²) < 4.78 is 10.5. The fourth-order valence-corrected chi connectivity index (χ4v) is 1.57. The maximum absolute atomic E-state index is 5.86. The van der Waals surface area contributed by atoms with Crippen LogP contribution in [0.3, 0.4) is 0 Å². The van der Waals surface area contributed by atoms with Gasteiger partial charge in [0, 0.05) is 18.4 Å². The molecule has 0 aliphatic carbocycles. The van der Waals surface area contributed by atoms with Crippen molar-refractivity contribution in [3.63, 3.8) is 0 Å². The standard InChI is InChI=1S/C12H14ClN3O2/c1-8(13)11-15-16-12(18-11)14-10-6-4-3-5-9(10)7-17-2/h3-6,8H,7H2,1-2H3,(H,14,16). The number of hydrogen-bond donors (Lipinski definition) is 1. The Bertz CT molecular complexity index is 514. The smallest absolute Gasteiger partial charge is 0.320 e. The molecule has 0 radical (unpaired) electrons. The van der Waals surface area contributed by atoms with E-state index in [1.165, 1.54) is 0 Å². The van der Waals surface area contributed by atoms with Crippen LogP contribution >= 0.6 is 11.6 Å². The summed E-state index contributed by atoms with van der Waals surface area (Å²) in [6.45, 7) is 2.29. The number of ether oxygens (including phenoxy) is 1. The van der Waals surface area contributed by atoms with Crippen LogP contribution in [0.2, 0.25) is 0 Å². The number of halogens is 1. The minimum Gasteiger partial charge on any atom is -0.406 e. The Kier molecular flexibility index (Phi) is 4.17. The quantitative estimate of drug-likeness (QED) is 0.843. The van der Waals surface area contributed by atoms with E-state index in [-0.39, 0.29) is 5.38 Å². The molecule has 0 aliphatic heterocycles. The van der Waals surface area contributed by atoms with Crippen LogP contribution in [0.15, 0.2) is 28.7 Å². The highest BCUT2D eigenvalue weighted by Crippen LogP contribution is 2.23. The number of hydrogen-bond acceptors (Lipinski definition) is 5. The Morgan fingerprint density at radius 1 is 1.39 bits per heavy atom. The molecule has 2 aromatic rings. The third-order valence-corrected chi connectivity index (χ3v) is 2.53. The average molecular weight is 268 g/mol. The summed E-state index contributed by atoms with van der Waals surface area (Å²) in [6, 6.07) is 8.07. The lowest BCUT2D eigenvalue weighted by Crippen LogP contribution is -1.97. The third-order valence-electron chi connectivity index (χ3n) is 2.34. The molecule has 0 aliphatic rings. The van der Waals surface area contributed by atoms with Crippen molar-refractivity contribution in [2.75, 3.05) is 12.4 Å². The summed E-state index contributed by atoms with van der Waals surface area (Å²) >= 11 is 5.86. The molecule has 0 saturated heterocycles. The van der Waals surface area contributed by atoms with Crippen LogP contribution in [0.4, 0.5) is 11.7 Å². The molecule has 1 unspecified atom stereocenters. The molecule has 0 saturated carbocycles. The first-order valence-corrected chi connectivity index (χ1v) is 5.95. The molecule has 18 heavy (non-hydrogen) atoms. The van der Waals surface area contributed by atoms with Crippen LogP contribution in [0.25, 0.3) is 0 Å². The Hall–Kier alpha value is -1.59. The largest absolute Gasteiger partial charge is 0.406 e. The molecule has 96 valence electrons. The normalized spacial score (nSPS) is 12.4. The second kappa shape index (κ2) is 5.84. The Morgan fingerprint density at radius 3 is 2.83 bits per heavy atom. The van der Waals surface area contributed by atoms with Gasteiger partial charge in [0.05, 0.1) is 6.61 Å². The van der Waals surface area contributed by atoms with Gasteiger partial charge < -0.3 is 14.5 Å². The lowest BCUT2D eigenvalue weighted by atomic mass is 10.2. The molecule has 1 atom stereocenters. The molecule has 0 bridgehead atoms. The summed E-state index contributed by atoms with van der Waals surface area (Å²) in [5, 5.41) is 10.5. The summed E-state index contributed by atoms with van der Waals surface area (Å²) in [6.07, 6.45) is 0. The highest BCUT2D eigenvalue weighted by molar-refractivity contribution is 6.20. The maximum atomic E-state index is 5.86. The number of aromatic nitrogens is 2. The predicted molar refractivity (Wildman–Crippen MR) is 69.0 cm³/mol. The number of alkyl halides is 1. The van der Waals surface area contributed by atoms with Crippen LogP contribution in [-0.4, -0.2) is 17.3 Å². The Morgan fingerprint density at radius 2 is 2.17 bits per heavy atom. The van der Waals surface area contributed by atoms with Crippen molar-refractivity contribution < 1.29 is 9.15 Å². The molecule has 6 heteroatoms.